The lowest BCUT2D eigenvalue weighted by Crippen LogP contribution is -2.80. The van der Waals surface area contributed by atoms with Crippen LogP contribution in [0, 0.1) is 5.92 Å². The number of ether oxygens (including phenoxy) is 2. The first kappa shape index (κ1) is 17.9. The average molecular weight is 398 g/mol. The van der Waals surface area contributed by atoms with E-state index in [1.165, 1.54) is 19.8 Å². The van der Waals surface area contributed by atoms with Crippen molar-refractivity contribution in [2.75, 3.05) is 20.1 Å². The summed E-state index contributed by atoms with van der Waals surface area (Å²) in [5.41, 5.74) is 0.391. The zero-order valence-electron chi connectivity index (χ0n) is 17.1. The number of ketones is 1. The van der Waals surface area contributed by atoms with Crippen LogP contribution < -0.4 is 9.47 Å². The molecule has 0 amide bonds. The first-order valence-electron chi connectivity index (χ1n) is 10.9. The lowest BCUT2D eigenvalue weighted by Gasteiger charge is -2.64. The van der Waals surface area contributed by atoms with Gasteiger partial charge in [0.15, 0.2) is 23.4 Å². The highest BCUT2D eigenvalue weighted by Crippen LogP contribution is 2.66. The number of benzene rings is 1. The van der Waals surface area contributed by atoms with Gasteiger partial charge >= 0.3 is 5.97 Å². The molecule has 5 aliphatic rings. The Bertz CT molecular complexity index is 955. The van der Waals surface area contributed by atoms with Crippen LogP contribution in [0.15, 0.2) is 12.1 Å². The van der Waals surface area contributed by atoms with Crippen molar-refractivity contribution < 1.29 is 28.7 Å². The van der Waals surface area contributed by atoms with E-state index in [9.17, 15) is 14.7 Å². The Labute approximate surface area is 170 Å². The summed E-state index contributed by atoms with van der Waals surface area (Å²) < 4.78 is 12.6. The normalized spacial score (nSPS) is 41.6. The van der Waals surface area contributed by atoms with E-state index in [4.69, 9.17) is 9.47 Å². The standard InChI is InChI=1S/C23H28NO5/c1-13(25)28-17-6-5-15-11-18-23(27)8-7-16(26)21-22(23,19(15)20(17)29-21)9-10-24(18,2)12-14-3-4-14/h5-6,14,18,21,27H,3-4,7-12H2,1-2H3/q+1/t18-,21+,22+,23-,24+/m1/s1. The van der Waals surface area contributed by atoms with E-state index < -0.39 is 23.1 Å². The van der Waals surface area contributed by atoms with Gasteiger partial charge in [-0.05, 0) is 30.9 Å². The van der Waals surface area contributed by atoms with Crippen LogP contribution in [0.3, 0.4) is 0 Å². The predicted octanol–water partition coefficient (Wildman–Crippen LogP) is 1.89. The van der Waals surface area contributed by atoms with Gasteiger partial charge in [0, 0.05) is 37.7 Å². The van der Waals surface area contributed by atoms with Gasteiger partial charge in [-0.3, -0.25) is 9.59 Å². The van der Waals surface area contributed by atoms with E-state index in [0.29, 0.717) is 24.3 Å². The van der Waals surface area contributed by atoms with Crippen molar-refractivity contribution in [3.8, 4) is 11.5 Å². The molecular formula is C23H28NO5+. The number of hydrogen-bond acceptors (Lipinski definition) is 5. The number of Topliss-reactive ketones (excluding diaryl/α,β-unsaturated/α-hetero) is 1. The number of carbonyl (C=O) groups excluding carboxylic acids is 2. The van der Waals surface area contributed by atoms with Crippen LogP contribution in [0.1, 0.15) is 50.2 Å². The van der Waals surface area contributed by atoms with Gasteiger partial charge in [-0.2, -0.15) is 0 Å². The molecule has 29 heavy (non-hydrogen) atoms. The first-order chi connectivity index (χ1) is 13.8. The molecule has 2 heterocycles. The second kappa shape index (κ2) is 5.41. The molecule has 3 fully saturated rings. The number of rotatable bonds is 3. The predicted molar refractivity (Wildman–Crippen MR) is 104 cm³/mol. The van der Waals surface area contributed by atoms with Crippen molar-refractivity contribution in [1.82, 2.24) is 0 Å². The maximum absolute atomic E-state index is 13.0. The van der Waals surface area contributed by atoms with Crippen molar-refractivity contribution in [2.24, 2.45) is 5.92 Å². The van der Waals surface area contributed by atoms with Gasteiger partial charge in [-0.25, -0.2) is 0 Å². The smallest absolute Gasteiger partial charge is 0.308 e. The Morgan fingerprint density at radius 2 is 2.14 bits per heavy atom. The maximum atomic E-state index is 13.0. The Morgan fingerprint density at radius 3 is 2.86 bits per heavy atom. The van der Waals surface area contributed by atoms with E-state index in [1.807, 2.05) is 6.07 Å². The Balaban J connectivity index is 1.57. The van der Waals surface area contributed by atoms with Gasteiger partial charge in [0.1, 0.15) is 11.6 Å². The molecule has 1 aromatic rings. The Hall–Kier alpha value is -1.92. The summed E-state index contributed by atoms with van der Waals surface area (Å²) in [5, 5.41) is 12.3. The minimum absolute atomic E-state index is 0.0598. The van der Waals surface area contributed by atoms with Crippen LogP contribution in [0.2, 0.25) is 0 Å². The van der Waals surface area contributed by atoms with Gasteiger partial charge in [-0.15, -0.1) is 0 Å². The van der Waals surface area contributed by atoms with Crippen LogP contribution >= 0.6 is 0 Å². The van der Waals surface area contributed by atoms with Gasteiger partial charge in [-0.1, -0.05) is 6.07 Å². The van der Waals surface area contributed by atoms with Crippen molar-refractivity contribution in [3.05, 3.63) is 23.3 Å². The van der Waals surface area contributed by atoms with Crippen LogP contribution in [0.5, 0.6) is 11.5 Å². The van der Waals surface area contributed by atoms with E-state index in [2.05, 4.69) is 7.05 Å². The second-order valence-electron chi connectivity index (χ2n) is 10.2. The summed E-state index contributed by atoms with van der Waals surface area (Å²) in [6.45, 7) is 3.41. The molecule has 5 atom stereocenters. The Kier molecular flexibility index (Phi) is 3.34. The summed E-state index contributed by atoms with van der Waals surface area (Å²) >= 11 is 0. The number of piperidine rings is 1. The highest BCUT2D eigenvalue weighted by molar-refractivity contribution is 5.90. The van der Waals surface area contributed by atoms with Crippen LogP contribution in [0.4, 0.5) is 0 Å². The van der Waals surface area contributed by atoms with Gasteiger partial charge in [0.05, 0.1) is 25.6 Å². The van der Waals surface area contributed by atoms with Gasteiger partial charge in [0.25, 0.3) is 0 Å². The van der Waals surface area contributed by atoms with E-state index in [1.54, 1.807) is 6.07 Å². The van der Waals surface area contributed by atoms with Crippen LogP contribution in [-0.2, 0) is 21.4 Å². The molecule has 1 spiro atoms. The minimum Gasteiger partial charge on any atom is -0.477 e. The Morgan fingerprint density at radius 1 is 1.34 bits per heavy atom. The number of nitrogens with zero attached hydrogens (tertiary/aromatic N) is 1. The third-order valence-corrected chi connectivity index (χ3v) is 8.51. The first-order valence-corrected chi connectivity index (χ1v) is 10.9. The van der Waals surface area contributed by atoms with Crippen LogP contribution in [0.25, 0.3) is 0 Å². The summed E-state index contributed by atoms with van der Waals surface area (Å²) in [7, 11) is 2.30. The quantitative estimate of drug-likeness (QED) is 0.478. The fraction of sp³-hybridized carbons (Fsp3) is 0.652. The number of carbonyl (C=O) groups is 2. The highest BCUT2D eigenvalue weighted by Gasteiger charge is 2.76. The summed E-state index contributed by atoms with van der Waals surface area (Å²) in [6.07, 6.45) is 4.24. The maximum Gasteiger partial charge on any atom is 0.308 e. The zero-order valence-corrected chi connectivity index (χ0v) is 17.1. The molecule has 6 heteroatoms. The van der Waals surface area contributed by atoms with Crippen LogP contribution in [-0.4, -0.2) is 59.2 Å². The minimum atomic E-state index is -0.972. The number of likely N-dealkylation sites (N-methyl/N-ethyl adjacent to an activating group) is 1. The number of quaternary nitrogens is 1. The molecular weight excluding hydrogens is 370 g/mol. The van der Waals surface area contributed by atoms with Crippen molar-refractivity contribution in [3.63, 3.8) is 0 Å². The van der Waals surface area contributed by atoms with Crippen molar-refractivity contribution in [2.45, 2.75) is 68.6 Å². The molecule has 2 aliphatic heterocycles. The largest absolute Gasteiger partial charge is 0.477 e. The molecule has 3 aliphatic carbocycles. The monoisotopic (exact) mass is 398 g/mol. The SMILES string of the molecule is CC(=O)Oc1ccc2c3c1O[C@H]1C(=O)CC[C@@]4(O)[C@@H](C2)[N@+](C)(CC2CC2)CC[C@]314. The molecule has 0 aromatic heterocycles. The van der Waals surface area contributed by atoms with Gasteiger partial charge < -0.3 is 19.1 Å². The number of esters is 1. The topological polar surface area (TPSA) is 72.8 Å². The van der Waals surface area contributed by atoms with Crippen molar-refractivity contribution >= 4 is 11.8 Å². The van der Waals surface area contributed by atoms with E-state index >= 15 is 0 Å². The fourth-order valence-electron chi connectivity index (χ4n) is 7.16. The molecule has 6 nitrogen and oxygen atoms in total. The molecule has 2 saturated carbocycles. The number of aliphatic hydroxyl groups is 1. The number of hydrogen-bond donors (Lipinski definition) is 1. The average Bonchev–Trinajstić information content (AvgIpc) is 3.38. The molecule has 2 bridgehead atoms. The summed E-state index contributed by atoms with van der Waals surface area (Å²) in [5.74, 6) is 1.29. The molecule has 154 valence electrons. The third kappa shape index (κ3) is 2.09. The third-order valence-electron chi connectivity index (χ3n) is 8.51. The van der Waals surface area contributed by atoms with Crippen molar-refractivity contribution in [1.29, 1.82) is 0 Å². The zero-order chi connectivity index (χ0) is 20.2. The number of likely N-dealkylation sites (tertiary alicyclic amines) is 1. The van der Waals surface area contributed by atoms with Gasteiger partial charge in [0.2, 0.25) is 0 Å². The summed E-state index contributed by atoms with van der Waals surface area (Å²) in [6, 6.07) is 3.87. The van der Waals surface area contributed by atoms with E-state index in [-0.39, 0.29) is 11.8 Å². The highest BCUT2D eigenvalue weighted by atomic mass is 16.6. The molecule has 0 radical (unpaired) electrons. The molecule has 0 unspecified atom stereocenters. The molecule has 1 aromatic carbocycles. The fourth-order valence-corrected chi connectivity index (χ4v) is 7.16. The van der Waals surface area contributed by atoms with E-state index in [0.717, 1.165) is 47.5 Å². The molecule has 6 rings (SSSR count). The molecule has 1 saturated heterocycles. The summed E-state index contributed by atoms with van der Waals surface area (Å²) in [4.78, 5) is 24.6. The second-order valence-corrected chi connectivity index (χ2v) is 10.2. The lowest BCUT2D eigenvalue weighted by molar-refractivity contribution is -0.950. The molecule has 1 N–H and O–H groups in total. The lowest BCUT2D eigenvalue weighted by atomic mass is 9.48.